The average molecular weight is 1030 g/mol. The van der Waals surface area contributed by atoms with Gasteiger partial charge in [-0.1, -0.05) is 309 Å². The number of hydrogen-bond donors (Lipinski definition) is 0. The molecule has 0 aromatic heterocycles. The number of carbonyl (C=O) groups is 4. The molecule has 0 bridgehead atoms. The molecule has 0 atom stereocenters. The van der Waals surface area contributed by atoms with Gasteiger partial charge in [-0.3, -0.25) is 19.2 Å². The Morgan fingerprint density at radius 1 is 0.192 bits per heavy atom. The Morgan fingerprint density at radius 3 is 0.534 bits per heavy atom. The number of unbranched alkanes of at least 4 members (excludes halogenated alkanes) is 48. The van der Waals surface area contributed by atoms with E-state index in [0.717, 1.165) is 89.9 Å². The molecular formula is C65H124O8. The fourth-order valence-corrected chi connectivity index (χ4v) is 10.0. The lowest BCUT2D eigenvalue weighted by Gasteiger charge is -2.07. The van der Waals surface area contributed by atoms with E-state index in [0.29, 0.717) is 38.9 Å². The molecule has 0 saturated heterocycles. The molecule has 8 heteroatoms. The third-order valence-electron chi connectivity index (χ3n) is 15.0. The second-order valence-electron chi connectivity index (χ2n) is 22.3. The average Bonchev–Trinajstić information content (AvgIpc) is 3.38. The highest BCUT2D eigenvalue weighted by atomic mass is 16.7. The summed E-state index contributed by atoms with van der Waals surface area (Å²) in [5.74, 6) is -0.573. The summed E-state index contributed by atoms with van der Waals surface area (Å²) in [6.45, 7) is 5.46. The van der Waals surface area contributed by atoms with Gasteiger partial charge in [-0.2, -0.15) is 0 Å². The van der Waals surface area contributed by atoms with E-state index >= 15 is 0 Å². The van der Waals surface area contributed by atoms with Crippen LogP contribution in [-0.4, -0.2) is 43.9 Å². The van der Waals surface area contributed by atoms with Crippen LogP contribution in [0.2, 0.25) is 0 Å². The molecule has 0 unspecified atom stereocenters. The molecule has 8 nitrogen and oxygen atoms in total. The van der Waals surface area contributed by atoms with Gasteiger partial charge in [-0.15, -0.1) is 0 Å². The molecule has 0 aromatic rings. The van der Waals surface area contributed by atoms with Crippen LogP contribution in [0.5, 0.6) is 0 Å². The van der Waals surface area contributed by atoms with Gasteiger partial charge in [0.25, 0.3) is 0 Å². The first kappa shape index (κ1) is 70.9. The van der Waals surface area contributed by atoms with E-state index in [-0.39, 0.29) is 30.7 Å². The predicted molar refractivity (Wildman–Crippen MR) is 309 cm³/mol. The van der Waals surface area contributed by atoms with Crippen LogP contribution in [0.4, 0.5) is 0 Å². The maximum atomic E-state index is 12.1. The fourth-order valence-electron chi connectivity index (χ4n) is 10.0. The monoisotopic (exact) mass is 1030 g/mol. The topological polar surface area (TPSA) is 105 Å². The highest BCUT2D eigenvalue weighted by Gasteiger charge is 2.08. The van der Waals surface area contributed by atoms with E-state index in [1.54, 1.807) is 0 Å². The fraction of sp³-hybridized carbons (Fsp3) is 0.938. The predicted octanol–water partition coefficient (Wildman–Crippen LogP) is 21.0. The molecule has 0 saturated carbocycles. The van der Waals surface area contributed by atoms with Gasteiger partial charge >= 0.3 is 23.9 Å². The van der Waals surface area contributed by atoms with E-state index in [4.69, 9.17) is 18.9 Å². The summed E-state index contributed by atoms with van der Waals surface area (Å²) < 4.78 is 21.2. The van der Waals surface area contributed by atoms with Gasteiger partial charge in [0.2, 0.25) is 6.79 Å². The molecule has 0 spiro atoms. The molecule has 0 radical (unpaired) electrons. The number of rotatable bonds is 62. The van der Waals surface area contributed by atoms with Crippen LogP contribution in [0.25, 0.3) is 0 Å². The van der Waals surface area contributed by atoms with Gasteiger partial charge in [-0.05, 0) is 38.5 Å². The Balaban J connectivity index is 3.30. The van der Waals surface area contributed by atoms with Crippen molar-refractivity contribution >= 4 is 23.9 Å². The van der Waals surface area contributed by atoms with Crippen LogP contribution < -0.4 is 0 Å². The minimum Gasteiger partial charge on any atom is -0.466 e. The van der Waals surface area contributed by atoms with Crippen molar-refractivity contribution in [3.63, 3.8) is 0 Å². The van der Waals surface area contributed by atoms with Crippen LogP contribution >= 0.6 is 0 Å². The second-order valence-corrected chi connectivity index (χ2v) is 22.3. The lowest BCUT2D eigenvalue weighted by molar-refractivity contribution is -0.167. The van der Waals surface area contributed by atoms with Crippen molar-refractivity contribution in [1.82, 2.24) is 0 Å². The molecule has 0 aliphatic carbocycles. The van der Waals surface area contributed by atoms with Crippen molar-refractivity contribution < 1.29 is 38.1 Å². The van der Waals surface area contributed by atoms with Crippen LogP contribution in [0.3, 0.4) is 0 Å². The number of esters is 4. The van der Waals surface area contributed by atoms with Crippen LogP contribution in [0, 0.1) is 0 Å². The zero-order chi connectivity index (χ0) is 52.9. The molecule has 0 heterocycles. The second kappa shape index (κ2) is 62.4. The molecule has 0 rings (SSSR count). The molecule has 0 N–H and O–H groups in total. The summed E-state index contributed by atoms with van der Waals surface area (Å²) in [4.78, 5) is 48.2. The summed E-state index contributed by atoms with van der Waals surface area (Å²) in [5, 5.41) is 0. The van der Waals surface area contributed by atoms with E-state index in [1.165, 1.54) is 244 Å². The number of ether oxygens (including phenoxy) is 4. The molecule has 0 fully saturated rings. The minimum absolute atomic E-state index is 0.00759. The van der Waals surface area contributed by atoms with Crippen LogP contribution in [0.15, 0.2) is 0 Å². The molecule has 432 valence electrons. The summed E-state index contributed by atoms with van der Waals surface area (Å²) in [6.07, 6.45) is 66.9. The Hall–Kier alpha value is -2.12. The maximum Gasteiger partial charge on any atom is 0.308 e. The van der Waals surface area contributed by atoms with E-state index in [1.807, 2.05) is 0 Å². The maximum absolute atomic E-state index is 12.1. The summed E-state index contributed by atoms with van der Waals surface area (Å²) >= 11 is 0. The van der Waals surface area contributed by atoms with Crippen molar-refractivity contribution in [2.75, 3.05) is 20.0 Å². The third-order valence-corrected chi connectivity index (χ3v) is 15.0. The Labute approximate surface area is 453 Å². The van der Waals surface area contributed by atoms with Crippen molar-refractivity contribution in [3.8, 4) is 0 Å². The van der Waals surface area contributed by atoms with Gasteiger partial charge in [0.1, 0.15) is 0 Å². The molecule has 0 aromatic carbocycles. The summed E-state index contributed by atoms with van der Waals surface area (Å²) in [7, 11) is 0. The molecule has 0 aliphatic rings. The van der Waals surface area contributed by atoms with Gasteiger partial charge < -0.3 is 18.9 Å². The third kappa shape index (κ3) is 62.3. The quantitative estimate of drug-likeness (QED) is 0.0257. The lowest BCUT2D eigenvalue weighted by atomic mass is 10.0. The largest absolute Gasteiger partial charge is 0.466 e. The first-order chi connectivity index (χ1) is 36.0. The van der Waals surface area contributed by atoms with E-state index in [9.17, 15) is 19.2 Å². The number of hydrogen-bond acceptors (Lipinski definition) is 8. The van der Waals surface area contributed by atoms with E-state index in [2.05, 4.69) is 13.8 Å². The first-order valence-corrected chi connectivity index (χ1v) is 32.6. The highest BCUT2D eigenvalue weighted by Crippen LogP contribution is 2.18. The molecular weight excluding hydrogens is 909 g/mol. The SMILES string of the molecule is CCCCCCCCCCCCCCCC(=O)OCCCCCCCCCCCCCCCC(=O)OCOC(=O)CCCCCCCCCCCCCCCOC(=O)CCCCCCCCCCCCCCC. The molecule has 0 aliphatic heterocycles. The highest BCUT2D eigenvalue weighted by molar-refractivity contribution is 5.71. The van der Waals surface area contributed by atoms with Crippen molar-refractivity contribution in [2.45, 2.75) is 373 Å². The van der Waals surface area contributed by atoms with Gasteiger partial charge in [0.15, 0.2) is 0 Å². The smallest absolute Gasteiger partial charge is 0.308 e. The molecule has 73 heavy (non-hydrogen) atoms. The zero-order valence-corrected chi connectivity index (χ0v) is 49.0. The van der Waals surface area contributed by atoms with Crippen LogP contribution in [0.1, 0.15) is 373 Å². The Bertz CT molecular complexity index is 1060. The first-order valence-electron chi connectivity index (χ1n) is 32.6. The normalized spacial score (nSPS) is 11.3. The number of carbonyl (C=O) groups excluding carboxylic acids is 4. The van der Waals surface area contributed by atoms with Crippen LogP contribution in [-0.2, 0) is 38.1 Å². The van der Waals surface area contributed by atoms with Gasteiger partial charge in [0.05, 0.1) is 13.2 Å². The van der Waals surface area contributed by atoms with Gasteiger partial charge in [0, 0.05) is 25.7 Å². The molecule has 0 amide bonds. The summed E-state index contributed by atoms with van der Waals surface area (Å²) in [5.41, 5.74) is 0. The van der Waals surface area contributed by atoms with Gasteiger partial charge in [-0.25, -0.2) is 0 Å². The lowest BCUT2D eigenvalue weighted by Crippen LogP contribution is -2.12. The zero-order valence-electron chi connectivity index (χ0n) is 49.0. The van der Waals surface area contributed by atoms with Crippen molar-refractivity contribution in [3.05, 3.63) is 0 Å². The van der Waals surface area contributed by atoms with Crippen molar-refractivity contribution in [1.29, 1.82) is 0 Å². The van der Waals surface area contributed by atoms with Crippen molar-refractivity contribution in [2.24, 2.45) is 0 Å². The standard InChI is InChI=1S/C65H124O8/c1-3-5-7-9-11-13-15-19-25-31-37-43-49-55-62(66)70-59-53-47-41-35-29-23-17-21-27-33-39-45-51-57-64(68)72-61-73-65(69)58-52-46-40-34-28-22-18-24-30-36-42-48-54-60-71-63(67)56-50-44-38-32-26-20-16-14-12-10-8-6-4-2/h3-61H2,1-2H3. The minimum atomic E-state index is -0.279. The Morgan fingerprint density at radius 2 is 0.342 bits per heavy atom. The summed E-state index contributed by atoms with van der Waals surface area (Å²) in [6, 6.07) is 0. The van der Waals surface area contributed by atoms with E-state index < -0.39 is 0 Å². The Kier molecular flexibility index (Phi) is 60.6.